The molecule has 6 rings (SSSR count). The van der Waals surface area contributed by atoms with E-state index in [-0.39, 0.29) is 32.2 Å². The average molecular weight is 670 g/mol. The van der Waals surface area contributed by atoms with E-state index in [0.29, 0.717) is 22.3 Å². The summed E-state index contributed by atoms with van der Waals surface area (Å²) >= 11 is 0. The van der Waals surface area contributed by atoms with Gasteiger partial charge in [-0.1, -0.05) is 121 Å². The van der Waals surface area contributed by atoms with Crippen molar-refractivity contribution < 1.29 is 38.1 Å². The SMILES string of the molecule is O=C(OCc1ccccc1)c1c(C(=O)OCc2ccccc2)c(-n2cccn2)n(C(=O)OCc2ccccc2)c1C(=O)OCc1ccccc1. The van der Waals surface area contributed by atoms with Gasteiger partial charge in [-0.15, -0.1) is 0 Å². The Kier molecular flexibility index (Phi) is 10.5. The van der Waals surface area contributed by atoms with Crippen molar-refractivity contribution in [1.82, 2.24) is 14.3 Å². The highest BCUT2D eigenvalue weighted by molar-refractivity contribution is 6.14. The highest BCUT2D eigenvalue weighted by Crippen LogP contribution is 2.31. The fourth-order valence-electron chi connectivity index (χ4n) is 5.10. The van der Waals surface area contributed by atoms with Gasteiger partial charge in [0, 0.05) is 12.4 Å². The number of aromatic nitrogens is 3. The zero-order chi connectivity index (χ0) is 34.7. The van der Waals surface area contributed by atoms with E-state index in [0.717, 1.165) is 4.57 Å². The second-order valence-corrected chi connectivity index (χ2v) is 10.9. The molecule has 11 heteroatoms. The highest BCUT2D eigenvalue weighted by atomic mass is 16.6. The number of benzene rings is 4. The molecule has 2 aromatic heterocycles. The lowest BCUT2D eigenvalue weighted by Crippen LogP contribution is -2.24. The van der Waals surface area contributed by atoms with Crippen LogP contribution in [0.4, 0.5) is 4.79 Å². The minimum absolute atomic E-state index is 0.172. The summed E-state index contributed by atoms with van der Waals surface area (Å²) < 4.78 is 24.7. The fraction of sp³-hybridized carbons (Fsp3) is 0.103. The summed E-state index contributed by atoms with van der Waals surface area (Å²) in [4.78, 5) is 56.4. The molecule has 4 aromatic carbocycles. The lowest BCUT2D eigenvalue weighted by molar-refractivity contribution is 0.0403. The van der Waals surface area contributed by atoms with Crippen molar-refractivity contribution >= 4 is 24.0 Å². The molecule has 0 unspecified atom stereocenters. The van der Waals surface area contributed by atoms with Crippen LogP contribution in [0, 0.1) is 0 Å². The molecule has 11 nitrogen and oxygen atoms in total. The van der Waals surface area contributed by atoms with Crippen molar-refractivity contribution in [3.05, 3.63) is 179 Å². The van der Waals surface area contributed by atoms with Gasteiger partial charge in [-0.25, -0.2) is 28.4 Å². The molecule has 0 spiro atoms. The maximum absolute atomic E-state index is 14.1. The second kappa shape index (κ2) is 15.9. The van der Waals surface area contributed by atoms with E-state index in [4.69, 9.17) is 18.9 Å². The van der Waals surface area contributed by atoms with Crippen LogP contribution >= 0.6 is 0 Å². The number of carbonyl (C=O) groups is 4. The molecule has 0 atom stereocenters. The van der Waals surface area contributed by atoms with Gasteiger partial charge in [-0.05, 0) is 28.3 Å². The topological polar surface area (TPSA) is 128 Å². The quantitative estimate of drug-likeness (QED) is 0.101. The molecule has 0 N–H and O–H groups in total. The first-order chi connectivity index (χ1) is 24.5. The zero-order valence-electron chi connectivity index (χ0n) is 26.7. The van der Waals surface area contributed by atoms with Crippen LogP contribution in [0.5, 0.6) is 0 Å². The van der Waals surface area contributed by atoms with E-state index in [1.165, 1.54) is 17.1 Å². The van der Waals surface area contributed by atoms with Crippen molar-refractivity contribution in [3.63, 3.8) is 0 Å². The predicted molar refractivity (Wildman–Crippen MR) is 180 cm³/mol. The lowest BCUT2D eigenvalue weighted by atomic mass is 10.1. The molecule has 0 aliphatic carbocycles. The second-order valence-electron chi connectivity index (χ2n) is 10.9. The standard InChI is InChI=1S/C39H31N3O8/c43-36(47-24-28-14-5-1-6-15-28)32-33(37(44)48-25-29-16-7-2-8-17-29)35(41-23-13-22-40-41)42(39(46)50-27-31-20-11-4-12-21-31)34(32)38(45)49-26-30-18-9-3-10-19-30/h1-23H,24-27H2. The molecule has 2 heterocycles. The maximum atomic E-state index is 14.1. The summed E-state index contributed by atoms with van der Waals surface area (Å²) in [6, 6.07) is 37.0. The molecule has 0 bridgehead atoms. The van der Waals surface area contributed by atoms with Crippen molar-refractivity contribution in [2.24, 2.45) is 0 Å². The first-order valence-corrected chi connectivity index (χ1v) is 15.6. The van der Waals surface area contributed by atoms with Gasteiger partial charge in [-0.2, -0.15) is 5.10 Å². The van der Waals surface area contributed by atoms with Crippen LogP contribution in [0.3, 0.4) is 0 Å². The van der Waals surface area contributed by atoms with Crippen LogP contribution in [0.25, 0.3) is 5.82 Å². The first-order valence-electron chi connectivity index (χ1n) is 15.6. The van der Waals surface area contributed by atoms with Gasteiger partial charge < -0.3 is 18.9 Å². The molecule has 0 saturated carbocycles. The van der Waals surface area contributed by atoms with Gasteiger partial charge in [0.25, 0.3) is 0 Å². The smallest absolute Gasteiger partial charge is 0.420 e. The average Bonchev–Trinajstić information content (AvgIpc) is 3.83. The van der Waals surface area contributed by atoms with E-state index in [1.54, 1.807) is 103 Å². The summed E-state index contributed by atoms with van der Waals surface area (Å²) in [6.45, 7) is -0.755. The molecule has 0 aliphatic heterocycles. The molecule has 0 aliphatic rings. The number of nitrogens with zero attached hydrogens (tertiary/aromatic N) is 3. The molecule has 0 fully saturated rings. The highest BCUT2D eigenvalue weighted by Gasteiger charge is 2.40. The van der Waals surface area contributed by atoms with Crippen LogP contribution in [0.15, 0.2) is 140 Å². The molecule has 0 radical (unpaired) electrons. The van der Waals surface area contributed by atoms with Gasteiger partial charge in [0.05, 0.1) is 0 Å². The van der Waals surface area contributed by atoms with Gasteiger partial charge in [0.15, 0.2) is 11.5 Å². The maximum Gasteiger partial charge on any atom is 0.420 e. The number of ether oxygens (including phenoxy) is 4. The Labute approximate surface area is 287 Å². The Morgan fingerprint density at radius 1 is 0.480 bits per heavy atom. The third-order valence-electron chi connectivity index (χ3n) is 7.49. The van der Waals surface area contributed by atoms with Crippen molar-refractivity contribution in [3.8, 4) is 5.82 Å². The normalized spacial score (nSPS) is 10.6. The van der Waals surface area contributed by atoms with Gasteiger partial charge in [0.2, 0.25) is 0 Å². The Morgan fingerprint density at radius 2 is 0.880 bits per heavy atom. The van der Waals surface area contributed by atoms with Crippen molar-refractivity contribution in [2.45, 2.75) is 26.4 Å². The van der Waals surface area contributed by atoms with Gasteiger partial charge in [0.1, 0.15) is 37.6 Å². The molecule has 0 amide bonds. The summed E-state index contributed by atoms with van der Waals surface area (Å²) in [6.07, 6.45) is 1.78. The van der Waals surface area contributed by atoms with Crippen LogP contribution in [-0.4, -0.2) is 38.3 Å². The van der Waals surface area contributed by atoms with Crippen LogP contribution in [0.2, 0.25) is 0 Å². The zero-order valence-corrected chi connectivity index (χ0v) is 26.7. The minimum Gasteiger partial charge on any atom is -0.457 e. The Morgan fingerprint density at radius 3 is 1.30 bits per heavy atom. The summed E-state index contributed by atoms with van der Waals surface area (Å²) in [5.74, 6) is -3.45. The summed E-state index contributed by atoms with van der Waals surface area (Å²) in [5.41, 5.74) is 1.05. The summed E-state index contributed by atoms with van der Waals surface area (Å²) in [5, 5.41) is 4.25. The molecule has 6 aromatic rings. The third kappa shape index (κ3) is 7.85. The van der Waals surface area contributed by atoms with E-state index in [9.17, 15) is 19.2 Å². The van der Waals surface area contributed by atoms with Crippen molar-refractivity contribution in [1.29, 1.82) is 0 Å². The van der Waals surface area contributed by atoms with Crippen molar-refractivity contribution in [2.75, 3.05) is 0 Å². The third-order valence-corrected chi connectivity index (χ3v) is 7.49. The van der Waals surface area contributed by atoms with Crippen LogP contribution in [0.1, 0.15) is 53.5 Å². The van der Waals surface area contributed by atoms with E-state index < -0.39 is 40.8 Å². The van der Waals surface area contributed by atoms with E-state index >= 15 is 0 Å². The van der Waals surface area contributed by atoms with Gasteiger partial charge in [-0.3, -0.25) is 0 Å². The Bertz CT molecular complexity index is 1930. The lowest BCUT2D eigenvalue weighted by Gasteiger charge is -2.13. The minimum atomic E-state index is -1.09. The summed E-state index contributed by atoms with van der Waals surface area (Å²) in [7, 11) is 0. The Balaban J connectivity index is 1.49. The largest absolute Gasteiger partial charge is 0.457 e. The number of hydrogen-bond acceptors (Lipinski definition) is 9. The number of carbonyl (C=O) groups excluding carboxylic acids is 4. The first kappa shape index (κ1) is 33.2. The number of rotatable bonds is 12. The molecular formula is C39H31N3O8. The van der Waals surface area contributed by atoms with E-state index in [1.807, 2.05) is 24.3 Å². The number of hydrogen-bond donors (Lipinski definition) is 0. The van der Waals surface area contributed by atoms with E-state index in [2.05, 4.69) is 5.10 Å². The Hall–Kier alpha value is -6.75. The monoisotopic (exact) mass is 669 g/mol. The predicted octanol–water partition coefficient (Wildman–Crippen LogP) is 6.93. The molecule has 0 saturated heterocycles. The molecule has 50 heavy (non-hydrogen) atoms. The number of esters is 3. The fourth-order valence-corrected chi connectivity index (χ4v) is 5.10. The van der Waals surface area contributed by atoms with Crippen LogP contribution < -0.4 is 0 Å². The molecule has 250 valence electrons. The molecular weight excluding hydrogens is 638 g/mol. The van der Waals surface area contributed by atoms with Gasteiger partial charge >= 0.3 is 24.0 Å². The van der Waals surface area contributed by atoms with Crippen LogP contribution in [-0.2, 0) is 45.4 Å².